The molecule has 2 aromatic rings. The normalized spacial score (nSPS) is 12.3. The highest BCUT2D eigenvalue weighted by atomic mass is 32.2. The van der Waals surface area contributed by atoms with Crippen molar-refractivity contribution in [2.75, 3.05) is 6.26 Å². The molecule has 0 saturated carbocycles. The highest BCUT2D eigenvalue weighted by molar-refractivity contribution is 8.14. The summed E-state index contributed by atoms with van der Waals surface area (Å²) in [6, 6.07) is 13.0. The van der Waals surface area contributed by atoms with Gasteiger partial charge in [-0.2, -0.15) is 0 Å². The van der Waals surface area contributed by atoms with Crippen molar-refractivity contribution in [3.63, 3.8) is 0 Å². The van der Waals surface area contributed by atoms with Crippen LogP contribution in [0, 0.1) is 0 Å². The summed E-state index contributed by atoms with van der Waals surface area (Å²) in [6.45, 7) is 0.448. The Balaban J connectivity index is 2.09. The fraction of sp³-hybridized carbons (Fsp3) is 0.154. The molecule has 7 heteroatoms. The Kier molecular flexibility index (Phi) is 5.22. The van der Waals surface area contributed by atoms with E-state index < -0.39 is 10.0 Å². The molecule has 0 spiro atoms. The van der Waals surface area contributed by atoms with E-state index in [1.54, 1.807) is 23.8 Å². The summed E-state index contributed by atoms with van der Waals surface area (Å²) >= 11 is 2.46. The number of hydrogen-bond acceptors (Lipinski definition) is 5. The second-order valence-corrected chi connectivity index (χ2v) is 7.50. The summed E-state index contributed by atoms with van der Waals surface area (Å²) in [6.07, 6.45) is 1.79. The Morgan fingerprint density at radius 1 is 1.25 bits per heavy atom. The first-order valence-electron chi connectivity index (χ1n) is 5.80. The van der Waals surface area contributed by atoms with Crippen LogP contribution in [-0.4, -0.2) is 19.8 Å². The Bertz CT molecular complexity index is 665. The molecule has 0 unspecified atom stereocenters. The molecule has 1 heterocycles. The first-order valence-corrected chi connectivity index (χ1v) is 9.39. The van der Waals surface area contributed by atoms with Crippen molar-refractivity contribution in [1.29, 1.82) is 0 Å². The molecule has 2 rings (SSSR count). The molecule has 106 valence electrons. The number of thiophene rings is 1. The predicted octanol–water partition coefficient (Wildman–Crippen LogP) is 2.95. The van der Waals surface area contributed by atoms with Gasteiger partial charge < -0.3 is 0 Å². The molecule has 0 atom stereocenters. The molecule has 20 heavy (non-hydrogen) atoms. The van der Waals surface area contributed by atoms with Gasteiger partial charge in [0, 0.05) is 0 Å². The van der Waals surface area contributed by atoms with Crippen LogP contribution in [0.2, 0.25) is 0 Å². The molecular formula is C13H14N2O2S3. The lowest BCUT2D eigenvalue weighted by Gasteiger charge is -2.07. The maximum absolute atomic E-state index is 12.1. The van der Waals surface area contributed by atoms with Crippen LogP contribution in [0.25, 0.3) is 0 Å². The minimum atomic E-state index is -3.52. The van der Waals surface area contributed by atoms with Gasteiger partial charge in [-0.1, -0.05) is 48.2 Å². The maximum atomic E-state index is 12.1. The van der Waals surface area contributed by atoms with Crippen molar-refractivity contribution in [3.8, 4) is 0 Å². The number of aliphatic imine (C=N–C) groups is 1. The van der Waals surface area contributed by atoms with Gasteiger partial charge in [0.05, 0.1) is 6.54 Å². The lowest BCUT2D eigenvalue weighted by atomic mass is 10.2. The zero-order valence-corrected chi connectivity index (χ0v) is 13.3. The molecule has 0 saturated heterocycles. The van der Waals surface area contributed by atoms with Gasteiger partial charge in [0.15, 0.2) is 5.17 Å². The SMILES string of the molecule is CSC(=NCc1ccccc1)NS(=O)(=O)c1cccs1. The van der Waals surface area contributed by atoms with E-state index in [4.69, 9.17) is 0 Å². The Morgan fingerprint density at radius 2 is 2.00 bits per heavy atom. The van der Waals surface area contributed by atoms with Crippen molar-refractivity contribution in [1.82, 2.24) is 4.72 Å². The van der Waals surface area contributed by atoms with E-state index >= 15 is 0 Å². The highest BCUT2D eigenvalue weighted by Crippen LogP contribution is 2.16. The number of sulfonamides is 1. The fourth-order valence-electron chi connectivity index (χ4n) is 1.47. The second-order valence-electron chi connectivity index (χ2n) is 3.85. The van der Waals surface area contributed by atoms with Gasteiger partial charge in [0.1, 0.15) is 4.21 Å². The van der Waals surface area contributed by atoms with Crippen LogP contribution in [0.3, 0.4) is 0 Å². The van der Waals surface area contributed by atoms with Crippen molar-refractivity contribution >= 4 is 38.3 Å². The highest BCUT2D eigenvalue weighted by Gasteiger charge is 2.16. The second kappa shape index (κ2) is 6.92. The van der Waals surface area contributed by atoms with E-state index in [-0.39, 0.29) is 0 Å². The number of nitrogens with zero attached hydrogens (tertiary/aromatic N) is 1. The maximum Gasteiger partial charge on any atom is 0.272 e. The minimum Gasteiger partial charge on any atom is -0.257 e. The van der Waals surface area contributed by atoms with E-state index in [1.165, 1.54) is 23.1 Å². The van der Waals surface area contributed by atoms with Crippen LogP contribution >= 0.6 is 23.1 Å². The van der Waals surface area contributed by atoms with Crippen LogP contribution < -0.4 is 4.72 Å². The van der Waals surface area contributed by atoms with Gasteiger partial charge in [0.25, 0.3) is 10.0 Å². The number of benzene rings is 1. The first kappa shape index (κ1) is 15.1. The van der Waals surface area contributed by atoms with Gasteiger partial charge in [-0.25, -0.2) is 8.42 Å². The molecule has 0 aliphatic rings. The molecule has 0 bridgehead atoms. The van der Waals surface area contributed by atoms with Gasteiger partial charge in [0.2, 0.25) is 0 Å². The number of rotatable bonds is 4. The third-order valence-corrected chi connectivity index (χ3v) is 5.91. The first-order chi connectivity index (χ1) is 9.62. The lowest BCUT2D eigenvalue weighted by molar-refractivity contribution is 0.595. The lowest BCUT2D eigenvalue weighted by Crippen LogP contribution is -2.27. The molecule has 0 aliphatic heterocycles. The van der Waals surface area contributed by atoms with Crippen LogP contribution in [-0.2, 0) is 16.6 Å². The molecule has 1 aromatic carbocycles. The average molecular weight is 326 g/mol. The molecular weight excluding hydrogens is 312 g/mol. The summed E-state index contributed by atoms with van der Waals surface area (Å²) in [4.78, 5) is 4.30. The molecule has 0 aliphatic carbocycles. The zero-order valence-electron chi connectivity index (χ0n) is 10.8. The van der Waals surface area contributed by atoms with Crippen molar-refractivity contribution in [2.24, 2.45) is 4.99 Å². The summed E-state index contributed by atoms with van der Waals surface area (Å²) in [5.74, 6) is 0. The van der Waals surface area contributed by atoms with E-state index in [0.717, 1.165) is 5.56 Å². The number of hydrogen-bond donors (Lipinski definition) is 1. The summed E-state index contributed by atoms with van der Waals surface area (Å²) in [5, 5.41) is 2.12. The van der Waals surface area contributed by atoms with Crippen LogP contribution in [0.5, 0.6) is 0 Å². The summed E-state index contributed by atoms with van der Waals surface area (Å²) < 4.78 is 27.0. The van der Waals surface area contributed by atoms with E-state index in [9.17, 15) is 8.42 Å². The summed E-state index contributed by atoms with van der Waals surface area (Å²) in [5.41, 5.74) is 1.04. The average Bonchev–Trinajstić information content (AvgIpc) is 2.99. The Morgan fingerprint density at radius 3 is 2.60 bits per heavy atom. The van der Waals surface area contributed by atoms with Crippen molar-refractivity contribution < 1.29 is 8.42 Å². The standard InChI is InChI=1S/C13H14N2O2S3/c1-18-13(14-10-11-6-3-2-4-7-11)15-20(16,17)12-8-5-9-19-12/h2-9H,10H2,1H3,(H,14,15). The van der Waals surface area contributed by atoms with Gasteiger partial charge in [-0.05, 0) is 23.3 Å². The van der Waals surface area contributed by atoms with Crippen molar-refractivity contribution in [3.05, 3.63) is 53.4 Å². The third-order valence-electron chi connectivity index (χ3n) is 2.42. The zero-order chi connectivity index (χ0) is 14.4. The molecule has 1 aromatic heterocycles. The molecule has 4 nitrogen and oxygen atoms in total. The predicted molar refractivity (Wildman–Crippen MR) is 85.7 cm³/mol. The number of thioether (sulfide) groups is 1. The quantitative estimate of drug-likeness (QED) is 0.694. The molecule has 0 amide bonds. The fourth-order valence-corrected chi connectivity index (χ4v) is 4.22. The van der Waals surface area contributed by atoms with Crippen LogP contribution in [0.4, 0.5) is 0 Å². The van der Waals surface area contributed by atoms with Crippen LogP contribution in [0.1, 0.15) is 5.56 Å². The van der Waals surface area contributed by atoms with E-state index in [0.29, 0.717) is 15.9 Å². The number of amidine groups is 1. The number of nitrogens with one attached hydrogen (secondary N) is 1. The monoisotopic (exact) mass is 326 g/mol. The topological polar surface area (TPSA) is 58.5 Å². The van der Waals surface area contributed by atoms with Crippen LogP contribution in [0.15, 0.2) is 57.0 Å². The molecule has 0 radical (unpaired) electrons. The Labute approximate surface area is 127 Å². The largest absolute Gasteiger partial charge is 0.272 e. The van der Waals surface area contributed by atoms with E-state index in [2.05, 4.69) is 9.71 Å². The van der Waals surface area contributed by atoms with Gasteiger partial charge in [-0.3, -0.25) is 9.71 Å². The third kappa shape index (κ3) is 4.09. The molecule has 0 fully saturated rings. The smallest absolute Gasteiger partial charge is 0.257 e. The molecule has 1 N–H and O–H groups in total. The van der Waals surface area contributed by atoms with E-state index in [1.807, 2.05) is 30.3 Å². The minimum absolute atomic E-state index is 0.291. The van der Waals surface area contributed by atoms with Crippen molar-refractivity contribution in [2.45, 2.75) is 10.8 Å². The summed E-state index contributed by atoms with van der Waals surface area (Å²) in [7, 11) is -3.52. The Hall–Kier alpha value is -1.31. The van der Waals surface area contributed by atoms with Gasteiger partial charge >= 0.3 is 0 Å². The van der Waals surface area contributed by atoms with Gasteiger partial charge in [-0.15, -0.1) is 11.3 Å².